The van der Waals surface area contributed by atoms with Crippen LogP contribution in [-0.2, 0) is 23.2 Å². The Labute approximate surface area is 240 Å². The Bertz CT molecular complexity index is 1360. The Balaban J connectivity index is 0.000000247. The van der Waals surface area contributed by atoms with Crippen LogP contribution in [0.4, 0.5) is 22.7 Å². The summed E-state index contributed by atoms with van der Waals surface area (Å²) >= 11 is 0. The van der Waals surface area contributed by atoms with Crippen molar-refractivity contribution in [3.63, 3.8) is 0 Å². The number of nitrogens with one attached hydrogen (secondary N) is 2. The average Bonchev–Trinajstić information content (AvgIpc) is 2.99. The zero-order valence-electron chi connectivity index (χ0n) is 22.5. The van der Waals surface area contributed by atoms with E-state index in [1.807, 2.05) is 36.4 Å². The molecule has 4 aromatic rings. The molecule has 0 amide bonds. The maximum absolute atomic E-state index is 8.57. The van der Waals surface area contributed by atoms with Crippen molar-refractivity contribution in [3.8, 4) is 0 Å². The van der Waals surface area contributed by atoms with Crippen molar-refractivity contribution < 1.29 is 17.5 Å². The largest absolute Gasteiger partial charge is 0.759 e. The van der Waals surface area contributed by atoms with E-state index in [4.69, 9.17) is 28.3 Å². The van der Waals surface area contributed by atoms with Crippen LogP contribution in [0, 0.1) is 10.8 Å². The molecule has 0 heterocycles. The summed E-state index contributed by atoms with van der Waals surface area (Å²) in [4.78, 5) is 6.24. The third-order valence-corrected chi connectivity index (χ3v) is 5.59. The number of hydrogen-bond acceptors (Lipinski definition) is 8. The average molecular weight is 573 g/mol. The smallest absolute Gasteiger partial charge is 0.385 e. The number of benzene rings is 4. The first-order chi connectivity index (χ1) is 19.8. The van der Waals surface area contributed by atoms with Crippen molar-refractivity contribution in [2.45, 2.75) is 25.7 Å². The molecule has 10 nitrogen and oxygen atoms in total. The summed E-state index contributed by atoms with van der Waals surface area (Å²) in [6.07, 6.45) is 4.35. The molecule has 2 N–H and O–H groups in total. The fraction of sp³-hybridized carbons (Fsp3) is 0.200. The fourth-order valence-corrected chi connectivity index (χ4v) is 3.63. The topological polar surface area (TPSA) is 161 Å². The molecule has 4 aromatic carbocycles. The first kappa shape index (κ1) is 32.4. The van der Waals surface area contributed by atoms with Gasteiger partial charge >= 0.3 is 11.4 Å². The summed E-state index contributed by atoms with van der Waals surface area (Å²) in [6, 6.07) is 35.7. The molecule has 0 atom stereocenters. The summed E-state index contributed by atoms with van der Waals surface area (Å²) in [5.74, 6) is 0. The quantitative estimate of drug-likeness (QED) is 0.0880. The van der Waals surface area contributed by atoms with Crippen LogP contribution in [0.15, 0.2) is 109 Å². The summed E-state index contributed by atoms with van der Waals surface area (Å²) in [6.45, 7) is 1.87. The molecule has 0 aliphatic carbocycles. The first-order valence-electron chi connectivity index (χ1n) is 12.9. The van der Waals surface area contributed by atoms with Gasteiger partial charge < -0.3 is 19.7 Å². The molecule has 0 radical (unpaired) electrons. The lowest BCUT2D eigenvalue weighted by molar-refractivity contribution is 0.352. The monoisotopic (exact) mass is 572 g/mol. The predicted octanol–water partition coefficient (Wildman–Crippen LogP) is 7.09. The molecule has 0 spiro atoms. The second-order valence-corrected chi connectivity index (χ2v) is 9.55. The van der Waals surface area contributed by atoms with Crippen molar-refractivity contribution in [2.75, 3.05) is 23.7 Å². The summed E-state index contributed by atoms with van der Waals surface area (Å²) in [5, 5.41) is 23.8. The van der Waals surface area contributed by atoms with Gasteiger partial charge in [0, 0.05) is 59.1 Å². The molecule has 0 fully saturated rings. The van der Waals surface area contributed by atoms with E-state index in [0.29, 0.717) is 11.4 Å². The molecule has 0 aliphatic heterocycles. The highest BCUT2D eigenvalue weighted by Gasteiger charge is 2.03. The van der Waals surface area contributed by atoms with Crippen LogP contribution in [0.3, 0.4) is 0 Å². The lowest BCUT2D eigenvalue weighted by atomic mass is 10.1. The second kappa shape index (κ2) is 18.5. The van der Waals surface area contributed by atoms with E-state index in [-0.39, 0.29) is 0 Å². The maximum Gasteiger partial charge on any atom is 0.385 e. The van der Waals surface area contributed by atoms with E-state index in [0.717, 1.165) is 50.1 Å². The zero-order chi connectivity index (χ0) is 29.8. The zero-order valence-corrected chi connectivity index (χ0v) is 23.3. The molecular weight excluding hydrogens is 540 g/mol. The minimum absolute atomic E-state index is 0.574. The standard InChI is InChI=1S/2C15H16N3.H2O4S/c2*16-18-15-10-8-14(9-11-15)17-12-4-7-13-5-2-1-3-6-13;1-5(2,3)4/h2*1-3,5-6,8-11,17H,4,7,12H2;(H2,1,2,3,4)/q2*+1;/p-2. The number of hydrogen-bond donors (Lipinski definition) is 2. The number of diazo groups is 2. The molecule has 0 aromatic heterocycles. The van der Waals surface area contributed by atoms with E-state index >= 15 is 0 Å². The van der Waals surface area contributed by atoms with Gasteiger partial charge in [0.15, 0.2) is 9.95 Å². The van der Waals surface area contributed by atoms with Gasteiger partial charge in [0.2, 0.25) is 10.8 Å². The molecule has 4 rings (SSSR count). The number of nitrogens with zero attached hydrogens (tertiary/aromatic N) is 4. The maximum atomic E-state index is 8.57. The number of rotatable bonds is 10. The van der Waals surface area contributed by atoms with Gasteiger partial charge in [-0.3, -0.25) is 8.42 Å². The van der Waals surface area contributed by atoms with E-state index in [1.54, 1.807) is 24.3 Å². The molecule has 11 heteroatoms. The molecule has 0 bridgehead atoms. The van der Waals surface area contributed by atoms with E-state index < -0.39 is 10.4 Å². The van der Waals surface area contributed by atoms with Crippen molar-refractivity contribution in [1.29, 1.82) is 10.8 Å². The third kappa shape index (κ3) is 16.0. The van der Waals surface area contributed by atoms with Crippen LogP contribution in [0.2, 0.25) is 0 Å². The Morgan fingerprint density at radius 1 is 0.561 bits per heavy atom. The Hall–Kier alpha value is -4.81. The summed E-state index contributed by atoms with van der Waals surface area (Å²) in [5.41, 5.74) is 5.99. The minimum Gasteiger partial charge on any atom is -0.759 e. The van der Waals surface area contributed by atoms with Crippen molar-refractivity contribution in [1.82, 2.24) is 0 Å². The van der Waals surface area contributed by atoms with Gasteiger partial charge in [-0.15, -0.1) is 0 Å². The van der Waals surface area contributed by atoms with Crippen LogP contribution in [0.25, 0.3) is 9.95 Å². The van der Waals surface area contributed by atoms with Crippen molar-refractivity contribution in [2.24, 2.45) is 0 Å². The van der Waals surface area contributed by atoms with Crippen LogP contribution < -0.4 is 10.6 Å². The number of anilines is 2. The van der Waals surface area contributed by atoms with Gasteiger partial charge in [-0.2, -0.15) is 0 Å². The Kier molecular flexibility index (Phi) is 14.6. The van der Waals surface area contributed by atoms with Gasteiger partial charge in [-0.25, -0.2) is 0 Å². The van der Waals surface area contributed by atoms with Crippen LogP contribution in [-0.4, -0.2) is 30.6 Å². The summed E-state index contributed by atoms with van der Waals surface area (Å²) in [7, 11) is -5.17. The second-order valence-electron chi connectivity index (χ2n) is 8.73. The van der Waals surface area contributed by atoms with Gasteiger partial charge in [0.05, 0.1) is 0 Å². The molecule has 0 aliphatic rings. The highest BCUT2D eigenvalue weighted by molar-refractivity contribution is 7.79. The lowest BCUT2D eigenvalue weighted by Crippen LogP contribution is -2.02. The summed E-state index contributed by atoms with van der Waals surface area (Å²) < 4.78 is 34.1. The normalized spacial score (nSPS) is 9.95. The molecule has 41 heavy (non-hydrogen) atoms. The highest BCUT2D eigenvalue weighted by Crippen LogP contribution is 2.17. The van der Waals surface area contributed by atoms with Gasteiger partial charge in [-0.1, -0.05) is 60.7 Å². The highest BCUT2D eigenvalue weighted by atomic mass is 32.3. The lowest BCUT2D eigenvalue weighted by Gasteiger charge is -2.06. The van der Waals surface area contributed by atoms with Gasteiger partial charge in [0.25, 0.3) is 0 Å². The molecule has 212 valence electrons. The Morgan fingerprint density at radius 2 is 0.878 bits per heavy atom. The first-order valence-corrected chi connectivity index (χ1v) is 14.2. The SMILES string of the molecule is N#[N+]c1ccc(NCCCc2ccccc2)cc1.N#[N+]c1ccc(NCCCc2ccccc2)cc1.O=S(=O)([O-])[O-]. The van der Waals surface area contributed by atoms with E-state index in [2.05, 4.69) is 69.1 Å². The van der Waals surface area contributed by atoms with E-state index in [9.17, 15) is 0 Å². The van der Waals surface area contributed by atoms with Crippen LogP contribution in [0.5, 0.6) is 0 Å². The van der Waals surface area contributed by atoms with Gasteiger partial charge in [0.1, 0.15) is 0 Å². The molecule has 0 saturated heterocycles. The Morgan fingerprint density at radius 3 is 1.17 bits per heavy atom. The molecule has 0 saturated carbocycles. The predicted molar refractivity (Wildman–Crippen MR) is 159 cm³/mol. The molecular formula is C30H32N6O4S. The van der Waals surface area contributed by atoms with E-state index in [1.165, 1.54) is 11.1 Å². The third-order valence-electron chi connectivity index (χ3n) is 5.59. The molecule has 0 unspecified atom stereocenters. The van der Waals surface area contributed by atoms with Gasteiger partial charge in [-0.05, 0) is 61.1 Å². The minimum atomic E-state index is -5.17. The number of aryl methyl sites for hydroxylation is 2. The van der Waals surface area contributed by atoms with Crippen molar-refractivity contribution >= 4 is 33.1 Å². The van der Waals surface area contributed by atoms with Crippen LogP contribution >= 0.6 is 0 Å². The van der Waals surface area contributed by atoms with Crippen LogP contribution in [0.1, 0.15) is 24.0 Å². The van der Waals surface area contributed by atoms with Crippen molar-refractivity contribution in [3.05, 3.63) is 130 Å². The fourth-order valence-electron chi connectivity index (χ4n) is 3.63.